The molecule has 6 heteroatoms. The first-order valence-corrected chi connectivity index (χ1v) is 9.05. The normalized spacial score (nSPS) is 23.9. The average Bonchev–Trinajstić information content (AvgIpc) is 2.47. The van der Waals surface area contributed by atoms with Crippen LogP contribution in [-0.4, -0.2) is 32.4 Å². The van der Waals surface area contributed by atoms with Crippen molar-refractivity contribution in [2.75, 3.05) is 29.7 Å². The molecule has 21 heavy (non-hydrogen) atoms. The fourth-order valence-corrected chi connectivity index (χ4v) is 5.21. The predicted octanol–water partition coefficient (Wildman–Crippen LogP) is 2.00. The van der Waals surface area contributed by atoms with E-state index < -0.39 is 10.2 Å². The molecule has 2 N–H and O–H groups in total. The topological polar surface area (TPSA) is 66.6 Å². The van der Waals surface area contributed by atoms with Crippen molar-refractivity contribution in [1.29, 1.82) is 0 Å². The van der Waals surface area contributed by atoms with Crippen LogP contribution in [0.25, 0.3) is 0 Å². The average molecular weight is 309 g/mol. The third-order valence-electron chi connectivity index (χ3n) is 4.47. The van der Waals surface area contributed by atoms with Crippen molar-refractivity contribution in [3.8, 4) is 0 Å². The SMILES string of the molecule is CC1CCCN(S(=O)(=O)N2CCCc3c(N)cccc32)C1. The third-order valence-corrected chi connectivity index (χ3v) is 6.39. The lowest BCUT2D eigenvalue weighted by Crippen LogP contribution is -2.49. The minimum Gasteiger partial charge on any atom is -0.398 e. The highest BCUT2D eigenvalue weighted by atomic mass is 32.2. The van der Waals surface area contributed by atoms with Crippen LogP contribution in [-0.2, 0) is 16.6 Å². The molecule has 1 aromatic carbocycles. The molecule has 3 rings (SSSR count). The largest absolute Gasteiger partial charge is 0.398 e. The van der Waals surface area contributed by atoms with Gasteiger partial charge < -0.3 is 5.73 Å². The van der Waals surface area contributed by atoms with E-state index in [2.05, 4.69) is 6.92 Å². The number of nitrogens with two attached hydrogens (primary N) is 1. The molecule has 0 saturated carbocycles. The highest BCUT2D eigenvalue weighted by Crippen LogP contribution is 2.34. The second-order valence-electron chi connectivity index (χ2n) is 6.13. The van der Waals surface area contributed by atoms with Gasteiger partial charge in [0, 0.05) is 25.3 Å². The van der Waals surface area contributed by atoms with Crippen molar-refractivity contribution in [2.24, 2.45) is 5.92 Å². The number of anilines is 2. The molecule has 1 saturated heterocycles. The van der Waals surface area contributed by atoms with E-state index in [1.54, 1.807) is 8.61 Å². The summed E-state index contributed by atoms with van der Waals surface area (Å²) >= 11 is 0. The van der Waals surface area contributed by atoms with E-state index in [0.29, 0.717) is 31.2 Å². The number of benzene rings is 1. The molecule has 5 nitrogen and oxygen atoms in total. The number of hydrogen-bond acceptors (Lipinski definition) is 3. The highest BCUT2D eigenvalue weighted by molar-refractivity contribution is 7.90. The Morgan fingerprint density at radius 2 is 2.05 bits per heavy atom. The summed E-state index contributed by atoms with van der Waals surface area (Å²) < 4.78 is 29.1. The Morgan fingerprint density at radius 3 is 2.81 bits per heavy atom. The van der Waals surface area contributed by atoms with Crippen LogP contribution in [0.3, 0.4) is 0 Å². The van der Waals surface area contributed by atoms with Crippen LogP contribution in [0, 0.1) is 5.92 Å². The molecule has 1 fully saturated rings. The Kier molecular flexibility index (Phi) is 3.84. The molecule has 0 aromatic heterocycles. The van der Waals surface area contributed by atoms with Gasteiger partial charge in [0.15, 0.2) is 0 Å². The Bertz CT molecular complexity index is 630. The van der Waals surface area contributed by atoms with Crippen LogP contribution in [0.5, 0.6) is 0 Å². The summed E-state index contributed by atoms with van der Waals surface area (Å²) in [6.45, 7) is 3.91. The fourth-order valence-electron chi connectivity index (χ4n) is 3.35. The number of nitrogen functional groups attached to an aromatic ring is 1. The number of nitrogens with zero attached hydrogens (tertiary/aromatic N) is 2. The molecule has 2 aliphatic heterocycles. The van der Waals surface area contributed by atoms with Crippen LogP contribution in [0.1, 0.15) is 31.7 Å². The molecule has 0 amide bonds. The first-order valence-electron chi connectivity index (χ1n) is 7.65. The van der Waals surface area contributed by atoms with Gasteiger partial charge in [-0.3, -0.25) is 4.31 Å². The molecule has 2 aliphatic rings. The van der Waals surface area contributed by atoms with E-state index in [1.165, 1.54) is 0 Å². The van der Waals surface area contributed by atoms with Gasteiger partial charge in [-0.2, -0.15) is 12.7 Å². The van der Waals surface area contributed by atoms with E-state index >= 15 is 0 Å². The summed E-state index contributed by atoms with van der Waals surface area (Å²) in [5.74, 6) is 0.429. The summed E-state index contributed by atoms with van der Waals surface area (Å²) in [6, 6.07) is 5.55. The van der Waals surface area contributed by atoms with Gasteiger partial charge in [0.25, 0.3) is 0 Å². The smallest absolute Gasteiger partial charge is 0.304 e. The molecule has 1 atom stereocenters. The van der Waals surface area contributed by atoms with Crippen molar-refractivity contribution in [3.05, 3.63) is 23.8 Å². The number of fused-ring (bicyclic) bond motifs is 1. The molecule has 1 aromatic rings. The Labute approximate surface area is 126 Å². The molecular weight excluding hydrogens is 286 g/mol. The summed E-state index contributed by atoms with van der Waals surface area (Å²) in [4.78, 5) is 0. The summed E-state index contributed by atoms with van der Waals surface area (Å²) in [5, 5.41) is 0. The molecular formula is C15H23N3O2S. The second kappa shape index (κ2) is 5.50. The van der Waals surface area contributed by atoms with Crippen molar-refractivity contribution in [3.63, 3.8) is 0 Å². The monoisotopic (exact) mass is 309 g/mol. The van der Waals surface area contributed by atoms with Crippen LogP contribution < -0.4 is 10.0 Å². The van der Waals surface area contributed by atoms with E-state index in [0.717, 1.165) is 36.9 Å². The van der Waals surface area contributed by atoms with Crippen molar-refractivity contribution in [2.45, 2.75) is 32.6 Å². The van der Waals surface area contributed by atoms with Crippen LogP contribution in [0.15, 0.2) is 18.2 Å². The maximum absolute atomic E-state index is 13.0. The summed E-state index contributed by atoms with van der Waals surface area (Å²) in [6.07, 6.45) is 3.72. The lowest BCUT2D eigenvalue weighted by atomic mass is 10.0. The molecule has 0 spiro atoms. The molecule has 1 unspecified atom stereocenters. The van der Waals surface area contributed by atoms with E-state index in [1.807, 2.05) is 18.2 Å². The van der Waals surface area contributed by atoms with Gasteiger partial charge in [-0.05, 0) is 49.3 Å². The first-order chi connectivity index (χ1) is 10.00. The summed E-state index contributed by atoms with van der Waals surface area (Å²) in [5.41, 5.74) is 8.44. The maximum atomic E-state index is 13.0. The zero-order chi connectivity index (χ0) is 15.0. The minimum absolute atomic E-state index is 0.429. The number of rotatable bonds is 2. The van der Waals surface area contributed by atoms with Crippen molar-refractivity contribution >= 4 is 21.6 Å². The lowest BCUT2D eigenvalue weighted by molar-refractivity contribution is 0.280. The molecule has 2 heterocycles. The van der Waals surface area contributed by atoms with Gasteiger partial charge in [-0.1, -0.05) is 13.0 Å². The van der Waals surface area contributed by atoms with E-state index in [9.17, 15) is 8.42 Å². The van der Waals surface area contributed by atoms with Crippen LogP contribution in [0.2, 0.25) is 0 Å². The van der Waals surface area contributed by atoms with Gasteiger partial charge in [-0.15, -0.1) is 0 Å². The van der Waals surface area contributed by atoms with Gasteiger partial charge in [0.05, 0.1) is 5.69 Å². The Morgan fingerprint density at radius 1 is 1.24 bits per heavy atom. The minimum atomic E-state index is -3.44. The van der Waals surface area contributed by atoms with Gasteiger partial charge in [0.2, 0.25) is 0 Å². The predicted molar refractivity (Wildman–Crippen MR) is 85.4 cm³/mol. The maximum Gasteiger partial charge on any atom is 0.304 e. The lowest BCUT2D eigenvalue weighted by Gasteiger charge is -2.38. The summed E-state index contributed by atoms with van der Waals surface area (Å²) in [7, 11) is -3.44. The van der Waals surface area contributed by atoms with Gasteiger partial charge in [-0.25, -0.2) is 0 Å². The second-order valence-corrected chi connectivity index (χ2v) is 7.99. The quantitative estimate of drug-likeness (QED) is 0.850. The van der Waals surface area contributed by atoms with Gasteiger partial charge in [0.1, 0.15) is 0 Å². The molecule has 0 aliphatic carbocycles. The van der Waals surface area contributed by atoms with Crippen LogP contribution in [0.4, 0.5) is 11.4 Å². The van der Waals surface area contributed by atoms with E-state index in [4.69, 9.17) is 5.73 Å². The van der Waals surface area contributed by atoms with Crippen molar-refractivity contribution < 1.29 is 8.42 Å². The van der Waals surface area contributed by atoms with Gasteiger partial charge >= 0.3 is 10.2 Å². The van der Waals surface area contributed by atoms with Crippen LogP contribution >= 0.6 is 0 Å². The van der Waals surface area contributed by atoms with Crippen molar-refractivity contribution in [1.82, 2.24) is 4.31 Å². The Hall–Kier alpha value is -1.27. The molecule has 0 radical (unpaired) electrons. The third kappa shape index (κ3) is 2.62. The molecule has 116 valence electrons. The molecule has 0 bridgehead atoms. The zero-order valence-corrected chi connectivity index (χ0v) is 13.3. The standard InChI is InChI=1S/C15H23N3O2S/c1-12-5-3-9-17(11-12)21(19,20)18-10-4-6-13-14(16)7-2-8-15(13)18/h2,7-8,12H,3-6,9-11,16H2,1H3. The highest BCUT2D eigenvalue weighted by Gasteiger charge is 2.35. The fraction of sp³-hybridized carbons (Fsp3) is 0.600. The Balaban J connectivity index is 1.96. The number of hydrogen-bond donors (Lipinski definition) is 1. The zero-order valence-electron chi connectivity index (χ0n) is 12.5. The first kappa shape index (κ1) is 14.7. The number of piperidine rings is 1. The van der Waals surface area contributed by atoms with E-state index in [-0.39, 0.29) is 0 Å².